The van der Waals surface area contributed by atoms with Gasteiger partial charge in [-0.25, -0.2) is 0 Å². The van der Waals surface area contributed by atoms with E-state index in [1.54, 1.807) is 0 Å². The van der Waals surface area contributed by atoms with Gasteiger partial charge in [-0.2, -0.15) is 0 Å². The number of hydrogen-bond acceptors (Lipinski definition) is 3. The molecule has 0 aliphatic carbocycles. The zero-order valence-electron chi connectivity index (χ0n) is 18.4. The maximum Gasteiger partial charge on any atom is 0.191 e. The summed E-state index contributed by atoms with van der Waals surface area (Å²) < 4.78 is 0. The zero-order chi connectivity index (χ0) is 19.0. The molecule has 27 heavy (non-hydrogen) atoms. The van der Waals surface area contributed by atoms with Crippen molar-refractivity contribution in [2.24, 2.45) is 16.8 Å². The Balaban J connectivity index is 0.00000364. The van der Waals surface area contributed by atoms with Crippen LogP contribution in [0.25, 0.3) is 0 Å². The summed E-state index contributed by atoms with van der Waals surface area (Å²) in [5, 5.41) is 7.16. The molecule has 0 spiro atoms. The van der Waals surface area contributed by atoms with E-state index in [0.29, 0.717) is 0 Å². The van der Waals surface area contributed by atoms with E-state index in [-0.39, 0.29) is 29.5 Å². The Hall–Kier alpha value is -0.0800. The van der Waals surface area contributed by atoms with Gasteiger partial charge in [0.2, 0.25) is 0 Å². The summed E-state index contributed by atoms with van der Waals surface area (Å²) in [6.07, 6.45) is 6.72. The van der Waals surface area contributed by atoms with Gasteiger partial charge in [-0.05, 0) is 71.0 Å². The molecule has 2 fully saturated rings. The van der Waals surface area contributed by atoms with Crippen LogP contribution in [0.3, 0.4) is 0 Å². The molecule has 2 N–H and O–H groups in total. The summed E-state index contributed by atoms with van der Waals surface area (Å²) in [5.41, 5.74) is 0.178. The molecular formula is C21H44IN5. The van der Waals surface area contributed by atoms with Gasteiger partial charge in [0.25, 0.3) is 0 Å². The van der Waals surface area contributed by atoms with Crippen LogP contribution in [0.1, 0.15) is 59.8 Å². The molecule has 160 valence electrons. The Kier molecular flexibility index (Phi) is 11.5. The predicted molar refractivity (Wildman–Crippen MR) is 128 cm³/mol. The van der Waals surface area contributed by atoms with Crippen molar-refractivity contribution >= 4 is 29.9 Å². The number of guanidine groups is 1. The van der Waals surface area contributed by atoms with Gasteiger partial charge in [-0.1, -0.05) is 20.3 Å². The van der Waals surface area contributed by atoms with Gasteiger partial charge in [0.15, 0.2) is 5.96 Å². The first-order valence-corrected chi connectivity index (χ1v) is 10.8. The summed E-state index contributed by atoms with van der Waals surface area (Å²) >= 11 is 0. The molecule has 0 saturated carbocycles. The maximum absolute atomic E-state index is 4.45. The van der Waals surface area contributed by atoms with Crippen molar-refractivity contribution in [3.8, 4) is 0 Å². The van der Waals surface area contributed by atoms with Crippen LogP contribution >= 0.6 is 24.0 Å². The third kappa shape index (κ3) is 8.86. The van der Waals surface area contributed by atoms with Gasteiger partial charge >= 0.3 is 0 Å². The fourth-order valence-electron chi connectivity index (χ4n) is 4.37. The number of piperidine rings is 2. The van der Waals surface area contributed by atoms with E-state index in [9.17, 15) is 0 Å². The van der Waals surface area contributed by atoms with Crippen molar-refractivity contribution in [3.05, 3.63) is 0 Å². The number of aliphatic imine (C=N–C) groups is 1. The van der Waals surface area contributed by atoms with Gasteiger partial charge in [-0.3, -0.25) is 9.89 Å². The third-order valence-corrected chi connectivity index (χ3v) is 5.91. The fourth-order valence-corrected chi connectivity index (χ4v) is 4.37. The molecule has 0 bridgehead atoms. The maximum atomic E-state index is 4.45. The van der Waals surface area contributed by atoms with Crippen molar-refractivity contribution in [1.29, 1.82) is 0 Å². The van der Waals surface area contributed by atoms with Crippen LogP contribution in [0, 0.1) is 11.8 Å². The molecule has 1 atom stereocenters. The first-order valence-electron chi connectivity index (χ1n) is 10.8. The molecule has 0 aromatic rings. The number of hydrogen-bond donors (Lipinski definition) is 2. The second kappa shape index (κ2) is 12.5. The third-order valence-electron chi connectivity index (χ3n) is 5.91. The van der Waals surface area contributed by atoms with Crippen LogP contribution in [0.2, 0.25) is 0 Å². The minimum Gasteiger partial charge on any atom is -0.356 e. The molecule has 2 aliphatic heterocycles. The Labute approximate surface area is 185 Å². The largest absolute Gasteiger partial charge is 0.356 e. The fraction of sp³-hybridized carbons (Fsp3) is 0.952. The minimum atomic E-state index is 0. The average Bonchev–Trinajstić information content (AvgIpc) is 2.62. The van der Waals surface area contributed by atoms with Gasteiger partial charge in [0, 0.05) is 38.8 Å². The number of nitrogens with one attached hydrogen (secondary N) is 2. The summed E-state index contributed by atoms with van der Waals surface area (Å²) in [5.74, 6) is 2.44. The van der Waals surface area contributed by atoms with Crippen molar-refractivity contribution in [2.45, 2.75) is 65.3 Å². The van der Waals surface area contributed by atoms with Gasteiger partial charge in [0.05, 0.1) is 0 Å². The molecule has 2 rings (SSSR count). The van der Waals surface area contributed by atoms with Crippen molar-refractivity contribution < 1.29 is 0 Å². The van der Waals surface area contributed by atoms with Crippen LogP contribution in [0.5, 0.6) is 0 Å². The van der Waals surface area contributed by atoms with Crippen LogP contribution in [0.15, 0.2) is 4.99 Å². The Morgan fingerprint density at radius 2 is 1.78 bits per heavy atom. The quantitative estimate of drug-likeness (QED) is 0.324. The summed E-state index contributed by atoms with van der Waals surface area (Å²) in [6, 6.07) is 0. The van der Waals surface area contributed by atoms with Gasteiger partial charge in [0.1, 0.15) is 0 Å². The van der Waals surface area contributed by atoms with E-state index in [1.807, 2.05) is 7.05 Å². The smallest absolute Gasteiger partial charge is 0.191 e. The highest BCUT2D eigenvalue weighted by Crippen LogP contribution is 2.20. The van der Waals surface area contributed by atoms with Crippen LogP contribution in [-0.4, -0.2) is 74.2 Å². The summed E-state index contributed by atoms with van der Waals surface area (Å²) in [4.78, 5) is 9.71. The van der Waals surface area contributed by atoms with E-state index >= 15 is 0 Å². The molecule has 0 amide bonds. The Morgan fingerprint density at radius 1 is 1.07 bits per heavy atom. The molecule has 2 heterocycles. The van der Waals surface area contributed by atoms with E-state index in [4.69, 9.17) is 0 Å². The van der Waals surface area contributed by atoms with Gasteiger partial charge < -0.3 is 15.5 Å². The van der Waals surface area contributed by atoms with E-state index in [1.165, 1.54) is 64.8 Å². The second-order valence-corrected chi connectivity index (χ2v) is 9.33. The molecule has 0 aromatic carbocycles. The lowest BCUT2D eigenvalue weighted by Gasteiger charge is -2.41. The topological polar surface area (TPSA) is 42.9 Å². The number of nitrogens with zero attached hydrogens (tertiary/aromatic N) is 3. The number of rotatable bonds is 7. The molecule has 0 aromatic heterocycles. The SMILES string of the molecule is CN=C(NCC1CCCN(CC(C)C)C1)NCC(C)(C)N1CCCCC1.I. The summed E-state index contributed by atoms with van der Waals surface area (Å²) in [6.45, 7) is 17.5. The molecule has 5 nitrogen and oxygen atoms in total. The highest BCUT2D eigenvalue weighted by atomic mass is 127. The van der Waals surface area contributed by atoms with Crippen LogP contribution in [0.4, 0.5) is 0 Å². The lowest BCUT2D eigenvalue weighted by Crippen LogP contribution is -2.55. The molecule has 6 heteroatoms. The molecular weight excluding hydrogens is 449 g/mol. The number of likely N-dealkylation sites (tertiary alicyclic amines) is 2. The van der Waals surface area contributed by atoms with E-state index < -0.39 is 0 Å². The van der Waals surface area contributed by atoms with E-state index in [0.717, 1.165) is 30.9 Å². The average molecular weight is 494 g/mol. The predicted octanol–water partition coefficient (Wildman–Crippen LogP) is 3.40. The standard InChI is InChI=1S/C21H43N5.HI/c1-18(2)15-25-11-9-10-19(16-25)14-23-20(22-5)24-17-21(3,4)26-12-7-6-8-13-26;/h18-19H,6-17H2,1-5H3,(H2,22,23,24);1H. The monoisotopic (exact) mass is 493 g/mol. The van der Waals surface area contributed by atoms with Crippen molar-refractivity contribution in [1.82, 2.24) is 20.4 Å². The van der Waals surface area contributed by atoms with E-state index in [2.05, 4.69) is 53.1 Å². The summed E-state index contributed by atoms with van der Waals surface area (Å²) in [7, 11) is 1.88. The molecule has 1 unspecified atom stereocenters. The Bertz CT molecular complexity index is 432. The second-order valence-electron chi connectivity index (χ2n) is 9.33. The van der Waals surface area contributed by atoms with Crippen molar-refractivity contribution in [3.63, 3.8) is 0 Å². The molecule has 2 aliphatic rings. The first kappa shape index (κ1) is 25.0. The Morgan fingerprint density at radius 3 is 2.41 bits per heavy atom. The molecule has 0 radical (unpaired) electrons. The van der Waals surface area contributed by atoms with Gasteiger partial charge in [-0.15, -0.1) is 24.0 Å². The highest BCUT2D eigenvalue weighted by Gasteiger charge is 2.28. The highest BCUT2D eigenvalue weighted by molar-refractivity contribution is 14.0. The van der Waals surface area contributed by atoms with Crippen molar-refractivity contribution in [2.75, 3.05) is 52.9 Å². The first-order chi connectivity index (χ1) is 12.4. The van der Waals surface area contributed by atoms with Crippen LogP contribution < -0.4 is 10.6 Å². The zero-order valence-corrected chi connectivity index (χ0v) is 20.7. The molecule has 2 saturated heterocycles. The van der Waals surface area contributed by atoms with Crippen LogP contribution in [-0.2, 0) is 0 Å². The lowest BCUT2D eigenvalue weighted by atomic mass is 9.97. The number of halogens is 1. The lowest BCUT2D eigenvalue weighted by molar-refractivity contribution is 0.0981. The normalized spacial score (nSPS) is 23.2. The minimum absolute atomic E-state index is 0.